The van der Waals surface area contributed by atoms with E-state index in [2.05, 4.69) is 10.6 Å². The zero-order valence-corrected chi connectivity index (χ0v) is 16.1. The first-order valence-electron chi connectivity index (χ1n) is 7.88. The van der Waals surface area contributed by atoms with Crippen LogP contribution in [0.4, 0.5) is 5.69 Å². The van der Waals surface area contributed by atoms with Crippen LogP contribution in [0.5, 0.6) is 0 Å². The van der Waals surface area contributed by atoms with Crippen LogP contribution in [0.15, 0.2) is 42.5 Å². The van der Waals surface area contributed by atoms with Gasteiger partial charge in [0.15, 0.2) is 5.11 Å². The number of anilines is 1. The van der Waals surface area contributed by atoms with Crippen molar-refractivity contribution in [1.82, 2.24) is 10.2 Å². The van der Waals surface area contributed by atoms with E-state index in [1.165, 1.54) is 6.07 Å². The van der Waals surface area contributed by atoms with E-state index in [1.807, 2.05) is 0 Å². The number of thiocarbonyl (C=S) groups is 1. The van der Waals surface area contributed by atoms with Gasteiger partial charge in [-0.2, -0.15) is 0 Å². The Hall–Kier alpha value is -2.48. The molecule has 0 fully saturated rings. The Morgan fingerprint density at radius 3 is 2.26 bits per heavy atom. The van der Waals surface area contributed by atoms with Gasteiger partial charge in [-0.25, -0.2) is 0 Å². The summed E-state index contributed by atoms with van der Waals surface area (Å²) in [6.07, 6.45) is -0.0817. The topological polar surface area (TPSA) is 78.5 Å². The van der Waals surface area contributed by atoms with Crippen molar-refractivity contribution in [2.75, 3.05) is 11.9 Å². The predicted molar refractivity (Wildman–Crippen MR) is 107 cm³/mol. The van der Waals surface area contributed by atoms with Gasteiger partial charge < -0.3 is 10.6 Å². The van der Waals surface area contributed by atoms with Crippen LogP contribution in [0.1, 0.15) is 27.1 Å². The highest BCUT2D eigenvalue weighted by Gasteiger charge is 2.34. The van der Waals surface area contributed by atoms with Gasteiger partial charge in [0.1, 0.15) is 0 Å². The Morgan fingerprint density at radius 2 is 1.67 bits per heavy atom. The zero-order chi connectivity index (χ0) is 19.6. The third kappa shape index (κ3) is 4.27. The molecule has 2 aromatic rings. The van der Waals surface area contributed by atoms with Crippen molar-refractivity contribution in [2.24, 2.45) is 0 Å². The molecule has 3 amide bonds. The minimum atomic E-state index is -0.436. The zero-order valence-electron chi connectivity index (χ0n) is 13.8. The van der Waals surface area contributed by atoms with Crippen molar-refractivity contribution in [3.8, 4) is 0 Å². The van der Waals surface area contributed by atoms with Crippen LogP contribution in [-0.2, 0) is 4.79 Å². The molecule has 3 rings (SSSR count). The molecule has 6 nitrogen and oxygen atoms in total. The van der Waals surface area contributed by atoms with Gasteiger partial charge in [-0.1, -0.05) is 35.3 Å². The van der Waals surface area contributed by atoms with Gasteiger partial charge >= 0.3 is 0 Å². The molecule has 2 N–H and O–H groups in total. The van der Waals surface area contributed by atoms with Crippen molar-refractivity contribution < 1.29 is 14.4 Å². The largest absolute Gasteiger partial charge is 0.331 e. The van der Waals surface area contributed by atoms with Gasteiger partial charge in [0.05, 0.1) is 21.8 Å². The number of halogens is 2. The normalized spacial score (nSPS) is 12.7. The molecule has 138 valence electrons. The molecule has 0 aromatic heterocycles. The number of carbonyl (C=O) groups excluding carboxylic acids is 3. The lowest BCUT2D eigenvalue weighted by molar-refractivity contribution is -0.119. The summed E-state index contributed by atoms with van der Waals surface area (Å²) in [5.41, 5.74) is 1.18. The van der Waals surface area contributed by atoms with E-state index in [9.17, 15) is 14.4 Å². The smallest absolute Gasteiger partial charge is 0.261 e. The van der Waals surface area contributed by atoms with Gasteiger partial charge in [0, 0.05) is 18.0 Å². The third-order valence-corrected chi connectivity index (χ3v) is 4.62. The van der Waals surface area contributed by atoms with Crippen molar-refractivity contribution in [3.63, 3.8) is 0 Å². The van der Waals surface area contributed by atoms with E-state index in [0.29, 0.717) is 26.9 Å². The number of carbonyl (C=O) groups is 3. The molecule has 0 saturated heterocycles. The lowest BCUT2D eigenvalue weighted by atomic mass is 10.1. The second-order valence-electron chi connectivity index (χ2n) is 5.68. The molecular weight excluding hydrogens is 409 g/mol. The van der Waals surface area contributed by atoms with Crippen molar-refractivity contribution in [1.29, 1.82) is 0 Å². The molecule has 2 aromatic carbocycles. The number of hydrogen-bond acceptors (Lipinski definition) is 4. The molecule has 1 aliphatic rings. The molecular formula is C18H13Cl2N3O3S. The van der Waals surface area contributed by atoms with Crippen LogP contribution in [0.25, 0.3) is 0 Å². The summed E-state index contributed by atoms with van der Waals surface area (Å²) in [5, 5.41) is 6.15. The lowest BCUT2D eigenvalue weighted by Gasteiger charge is -2.14. The van der Waals surface area contributed by atoms with Crippen LogP contribution in [0.2, 0.25) is 10.0 Å². The van der Waals surface area contributed by atoms with Crippen LogP contribution in [-0.4, -0.2) is 34.3 Å². The highest BCUT2D eigenvalue weighted by Crippen LogP contribution is 2.25. The molecule has 0 spiro atoms. The van der Waals surface area contributed by atoms with E-state index in [1.54, 1.807) is 36.4 Å². The molecule has 9 heteroatoms. The number of amides is 3. The fraction of sp³-hybridized carbons (Fsp3) is 0.111. The van der Waals surface area contributed by atoms with Gasteiger partial charge in [-0.05, 0) is 42.5 Å². The third-order valence-electron chi connectivity index (χ3n) is 3.87. The molecule has 0 saturated carbocycles. The fourth-order valence-corrected chi connectivity index (χ4v) is 3.27. The van der Waals surface area contributed by atoms with E-state index in [4.69, 9.17) is 35.4 Å². The summed E-state index contributed by atoms with van der Waals surface area (Å²) in [6, 6.07) is 11.3. The molecule has 27 heavy (non-hydrogen) atoms. The number of benzene rings is 2. The minimum Gasteiger partial charge on any atom is -0.331 e. The summed E-state index contributed by atoms with van der Waals surface area (Å²) in [5.74, 6) is -1.25. The number of fused-ring (bicyclic) bond motifs is 1. The van der Waals surface area contributed by atoms with E-state index in [-0.39, 0.29) is 18.1 Å². The molecule has 0 radical (unpaired) electrons. The SMILES string of the molecule is O=C(CCN1C(=O)c2ccccc2C1=O)NC(=S)Nc1ccc(Cl)cc1Cl. The standard InChI is InChI=1S/C18H13Cl2N3O3S/c19-10-5-6-14(13(20)9-10)21-18(27)22-15(24)7-8-23-16(25)11-3-1-2-4-12(11)17(23)26/h1-6,9H,7-8H2,(H2,21,22,24,27). The highest BCUT2D eigenvalue weighted by atomic mass is 35.5. The molecule has 1 aliphatic heterocycles. The van der Waals surface area contributed by atoms with Crippen molar-refractivity contribution in [3.05, 3.63) is 63.6 Å². The van der Waals surface area contributed by atoms with Crippen LogP contribution in [0.3, 0.4) is 0 Å². The number of rotatable bonds is 4. The maximum atomic E-state index is 12.3. The summed E-state index contributed by atoms with van der Waals surface area (Å²) >= 11 is 16.9. The average Bonchev–Trinajstić information content (AvgIpc) is 2.87. The first kappa shape index (κ1) is 19.3. The van der Waals surface area contributed by atoms with E-state index >= 15 is 0 Å². The highest BCUT2D eigenvalue weighted by molar-refractivity contribution is 7.80. The second kappa shape index (κ2) is 8.04. The van der Waals surface area contributed by atoms with Crippen LogP contribution >= 0.6 is 35.4 Å². The first-order chi connectivity index (χ1) is 12.9. The van der Waals surface area contributed by atoms with Gasteiger partial charge in [0.25, 0.3) is 11.8 Å². The molecule has 0 aliphatic carbocycles. The Kier molecular flexibility index (Phi) is 5.74. The molecule has 0 unspecified atom stereocenters. The number of nitrogens with one attached hydrogen (secondary N) is 2. The Labute approximate surface area is 170 Å². The lowest BCUT2D eigenvalue weighted by Crippen LogP contribution is -2.38. The number of imide groups is 1. The Balaban J connectivity index is 1.54. The summed E-state index contributed by atoms with van der Waals surface area (Å²) in [6.45, 7) is -0.0392. The fourth-order valence-electron chi connectivity index (χ4n) is 2.59. The Bertz CT molecular complexity index is 930. The maximum Gasteiger partial charge on any atom is 0.261 e. The van der Waals surface area contributed by atoms with Gasteiger partial charge in [-0.3, -0.25) is 19.3 Å². The molecule has 0 atom stereocenters. The summed E-state index contributed by atoms with van der Waals surface area (Å²) < 4.78 is 0. The summed E-state index contributed by atoms with van der Waals surface area (Å²) in [7, 11) is 0. The van der Waals surface area contributed by atoms with Crippen molar-refractivity contribution >= 4 is 63.9 Å². The van der Waals surface area contributed by atoms with Crippen LogP contribution < -0.4 is 10.6 Å². The first-order valence-corrected chi connectivity index (χ1v) is 9.04. The van der Waals surface area contributed by atoms with E-state index < -0.39 is 17.7 Å². The van der Waals surface area contributed by atoms with Crippen LogP contribution in [0, 0.1) is 0 Å². The number of hydrogen-bond donors (Lipinski definition) is 2. The molecule has 0 bridgehead atoms. The second-order valence-corrected chi connectivity index (χ2v) is 6.94. The monoisotopic (exact) mass is 421 g/mol. The Morgan fingerprint density at radius 1 is 1.04 bits per heavy atom. The van der Waals surface area contributed by atoms with Gasteiger partial charge in [0.2, 0.25) is 5.91 Å². The van der Waals surface area contributed by atoms with Gasteiger partial charge in [-0.15, -0.1) is 0 Å². The van der Waals surface area contributed by atoms with Crippen molar-refractivity contribution in [2.45, 2.75) is 6.42 Å². The molecule has 1 heterocycles. The summed E-state index contributed by atoms with van der Waals surface area (Å²) in [4.78, 5) is 37.7. The predicted octanol–water partition coefficient (Wildman–Crippen LogP) is 3.49. The minimum absolute atomic E-state index is 0.0392. The van der Waals surface area contributed by atoms with E-state index in [0.717, 1.165) is 4.90 Å². The quantitative estimate of drug-likeness (QED) is 0.583. The number of nitrogens with zero attached hydrogens (tertiary/aromatic N) is 1. The average molecular weight is 422 g/mol. The maximum absolute atomic E-state index is 12.3.